The molecule has 2 atom stereocenters. The number of hydrogen-bond donors (Lipinski definition) is 0. The van der Waals surface area contributed by atoms with Gasteiger partial charge in [-0.15, -0.1) is 0 Å². The number of likely N-dealkylation sites (tertiary alicyclic amines) is 1. The first kappa shape index (κ1) is 16.3. The van der Waals surface area contributed by atoms with Crippen LogP contribution in [0, 0.1) is 5.92 Å². The average molecular weight is 319 g/mol. The second-order valence-corrected chi connectivity index (χ2v) is 6.32. The molecule has 0 amide bonds. The fourth-order valence-corrected chi connectivity index (χ4v) is 3.24. The SMILES string of the molecule is CCCCN1CCCC(C(=O)OC2COOc3ccccc32)C1. The van der Waals surface area contributed by atoms with Crippen LogP contribution in [0.5, 0.6) is 5.75 Å². The third kappa shape index (κ3) is 4.03. The Morgan fingerprint density at radius 3 is 3.13 bits per heavy atom. The van der Waals surface area contributed by atoms with E-state index in [-0.39, 0.29) is 24.6 Å². The fraction of sp³-hybridized carbons (Fsp3) is 0.611. The number of rotatable bonds is 5. The lowest BCUT2D eigenvalue weighted by Gasteiger charge is -2.32. The Hall–Kier alpha value is -1.59. The van der Waals surface area contributed by atoms with Crippen LogP contribution in [0.3, 0.4) is 0 Å². The van der Waals surface area contributed by atoms with E-state index in [2.05, 4.69) is 11.8 Å². The van der Waals surface area contributed by atoms with Crippen LogP contribution in [0.1, 0.15) is 44.3 Å². The van der Waals surface area contributed by atoms with Gasteiger partial charge in [0.15, 0.2) is 11.9 Å². The van der Waals surface area contributed by atoms with Crippen molar-refractivity contribution < 1.29 is 19.3 Å². The lowest BCUT2D eigenvalue weighted by Crippen LogP contribution is -2.40. The lowest BCUT2D eigenvalue weighted by molar-refractivity contribution is -0.244. The summed E-state index contributed by atoms with van der Waals surface area (Å²) in [4.78, 5) is 25.2. The number of carbonyl (C=O) groups excluding carboxylic acids is 1. The third-order valence-corrected chi connectivity index (χ3v) is 4.56. The Balaban J connectivity index is 1.59. The van der Waals surface area contributed by atoms with Crippen molar-refractivity contribution in [3.63, 3.8) is 0 Å². The third-order valence-electron chi connectivity index (χ3n) is 4.56. The molecular formula is C18H25NO4. The molecule has 2 aliphatic heterocycles. The number of piperidine rings is 1. The molecule has 0 spiro atoms. The zero-order valence-corrected chi connectivity index (χ0v) is 13.7. The molecule has 0 aliphatic carbocycles. The van der Waals surface area contributed by atoms with E-state index in [1.807, 2.05) is 24.3 Å². The molecule has 0 saturated carbocycles. The number of ether oxygens (including phenoxy) is 1. The largest absolute Gasteiger partial charge is 0.454 e. The van der Waals surface area contributed by atoms with Gasteiger partial charge in [0.05, 0.1) is 5.92 Å². The predicted octanol–water partition coefficient (Wildman–Crippen LogP) is 3.11. The molecule has 2 aliphatic rings. The summed E-state index contributed by atoms with van der Waals surface area (Å²) in [7, 11) is 0. The quantitative estimate of drug-likeness (QED) is 0.616. The minimum atomic E-state index is -0.376. The summed E-state index contributed by atoms with van der Waals surface area (Å²) in [5.41, 5.74) is 0.880. The van der Waals surface area contributed by atoms with E-state index >= 15 is 0 Å². The number of fused-ring (bicyclic) bond motifs is 1. The molecule has 0 bridgehead atoms. The van der Waals surface area contributed by atoms with Crippen LogP contribution in [-0.4, -0.2) is 37.1 Å². The highest BCUT2D eigenvalue weighted by Gasteiger charge is 2.31. The highest BCUT2D eigenvalue weighted by atomic mass is 17.2. The van der Waals surface area contributed by atoms with Gasteiger partial charge in [-0.1, -0.05) is 31.5 Å². The second kappa shape index (κ2) is 7.79. The molecule has 0 N–H and O–H groups in total. The first-order chi connectivity index (χ1) is 11.3. The van der Waals surface area contributed by atoms with Crippen LogP contribution in [0.2, 0.25) is 0 Å². The van der Waals surface area contributed by atoms with Crippen LogP contribution in [0.15, 0.2) is 24.3 Å². The highest BCUT2D eigenvalue weighted by molar-refractivity contribution is 5.73. The van der Waals surface area contributed by atoms with E-state index in [0.717, 1.165) is 38.0 Å². The topological polar surface area (TPSA) is 48.0 Å². The summed E-state index contributed by atoms with van der Waals surface area (Å²) >= 11 is 0. The maximum atomic E-state index is 12.6. The molecule has 3 rings (SSSR count). The lowest BCUT2D eigenvalue weighted by atomic mass is 9.97. The Morgan fingerprint density at radius 2 is 2.26 bits per heavy atom. The van der Waals surface area contributed by atoms with Crippen molar-refractivity contribution in [2.75, 3.05) is 26.2 Å². The van der Waals surface area contributed by atoms with Crippen molar-refractivity contribution in [3.8, 4) is 5.75 Å². The number of unbranched alkanes of at least 4 members (excludes halogenated alkanes) is 1. The summed E-state index contributed by atoms with van der Waals surface area (Å²) in [6, 6.07) is 7.53. The van der Waals surface area contributed by atoms with E-state index in [0.29, 0.717) is 5.75 Å². The molecule has 2 unspecified atom stereocenters. The van der Waals surface area contributed by atoms with E-state index in [4.69, 9.17) is 14.5 Å². The predicted molar refractivity (Wildman–Crippen MR) is 85.9 cm³/mol. The van der Waals surface area contributed by atoms with Crippen molar-refractivity contribution in [1.82, 2.24) is 4.90 Å². The molecule has 2 heterocycles. The molecule has 126 valence electrons. The normalized spacial score (nSPS) is 24.6. The Kier molecular flexibility index (Phi) is 5.51. The smallest absolute Gasteiger partial charge is 0.310 e. The van der Waals surface area contributed by atoms with Crippen molar-refractivity contribution >= 4 is 5.97 Å². The molecule has 1 saturated heterocycles. The number of benzene rings is 1. The first-order valence-corrected chi connectivity index (χ1v) is 8.59. The average Bonchev–Trinajstić information content (AvgIpc) is 2.60. The van der Waals surface area contributed by atoms with Crippen molar-refractivity contribution in [2.45, 2.75) is 38.7 Å². The van der Waals surface area contributed by atoms with Gasteiger partial charge in [-0.3, -0.25) is 4.79 Å². The summed E-state index contributed by atoms with van der Waals surface area (Å²) < 4.78 is 5.74. The minimum Gasteiger partial charge on any atom is -0.454 e. The zero-order valence-electron chi connectivity index (χ0n) is 13.7. The standard InChI is InChI=1S/C18H25NO4/c1-2-3-10-19-11-6-7-14(12-19)18(20)22-17-13-21-23-16-9-5-4-8-15(16)17/h4-5,8-9,14,17H,2-3,6-7,10-13H2,1H3. The van der Waals surface area contributed by atoms with Crippen LogP contribution < -0.4 is 4.89 Å². The van der Waals surface area contributed by atoms with E-state index in [1.165, 1.54) is 12.8 Å². The van der Waals surface area contributed by atoms with Crippen LogP contribution >= 0.6 is 0 Å². The molecule has 23 heavy (non-hydrogen) atoms. The summed E-state index contributed by atoms with van der Waals surface area (Å²) in [6.45, 7) is 5.41. The summed E-state index contributed by atoms with van der Waals surface area (Å²) in [5.74, 6) is 0.483. The number of hydrogen-bond acceptors (Lipinski definition) is 5. The molecule has 1 aromatic rings. The highest BCUT2D eigenvalue weighted by Crippen LogP contribution is 2.33. The number of para-hydroxylation sites is 1. The van der Waals surface area contributed by atoms with Crippen LogP contribution in [0.4, 0.5) is 0 Å². The Morgan fingerprint density at radius 1 is 1.39 bits per heavy atom. The Labute approximate surface area is 137 Å². The fourth-order valence-electron chi connectivity index (χ4n) is 3.24. The minimum absolute atomic E-state index is 0.0318. The van der Waals surface area contributed by atoms with Gasteiger partial charge >= 0.3 is 5.97 Å². The maximum absolute atomic E-state index is 12.6. The number of nitrogens with zero attached hydrogens (tertiary/aromatic N) is 1. The monoisotopic (exact) mass is 319 g/mol. The second-order valence-electron chi connectivity index (χ2n) is 6.32. The maximum Gasteiger partial charge on any atom is 0.310 e. The molecule has 5 nitrogen and oxygen atoms in total. The molecule has 0 radical (unpaired) electrons. The van der Waals surface area contributed by atoms with Gasteiger partial charge in [0.1, 0.15) is 6.61 Å². The van der Waals surface area contributed by atoms with Crippen molar-refractivity contribution in [2.24, 2.45) is 5.92 Å². The molecule has 1 aromatic carbocycles. The number of carbonyl (C=O) groups is 1. The van der Waals surface area contributed by atoms with Crippen molar-refractivity contribution in [3.05, 3.63) is 29.8 Å². The van der Waals surface area contributed by atoms with Gasteiger partial charge in [0, 0.05) is 12.1 Å². The van der Waals surface area contributed by atoms with Gasteiger partial charge in [-0.05, 0) is 38.4 Å². The van der Waals surface area contributed by atoms with Crippen LogP contribution in [-0.2, 0) is 14.4 Å². The van der Waals surface area contributed by atoms with Gasteiger partial charge in [-0.2, -0.15) is 4.89 Å². The zero-order chi connectivity index (χ0) is 16.1. The van der Waals surface area contributed by atoms with Gasteiger partial charge in [-0.25, -0.2) is 0 Å². The van der Waals surface area contributed by atoms with E-state index in [1.54, 1.807) is 0 Å². The molecule has 1 fully saturated rings. The van der Waals surface area contributed by atoms with Crippen LogP contribution in [0.25, 0.3) is 0 Å². The number of esters is 1. The molecule has 5 heteroatoms. The van der Waals surface area contributed by atoms with E-state index < -0.39 is 0 Å². The Bertz CT molecular complexity index is 534. The van der Waals surface area contributed by atoms with Gasteiger partial charge < -0.3 is 14.5 Å². The molecule has 0 aromatic heterocycles. The summed E-state index contributed by atoms with van der Waals surface area (Å²) in [5, 5.41) is 0. The van der Waals surface area contributed by atoms with Gasteiger partial charge in [0.25, 0.3) is 0 Å². The van der Waals surface area contributed by atoms with Crippen molar-refractivity contribution in [1.29, 1.82) is 0 Å². The van der Waals surface area contributed by atoms with Gasteiger partial charge in [0.2, 0.25) is 0 Å². The van der Waals surface area contributed by atoms with E-state index in [9.17, 15) is 4.79 Å². The molecular weight excluding hydrogens is 294 g/mol. The first-order valence-electron chi connectivity index (χ1n) is 8.59. The summed E-state index contributed by atoms with van der Waals surface area (Å²) in [6.07, 6.45) is 3.96.